The Hall–Kier alpha value is -1.66. The number of aromatic nitrogens is 2. The number of aryl methyl sites for hydroxylation is 2. The Labute approximate surface area is 116 Å². The van der Waals surface area contributed by atoms with Gasteiger partial charge >= 0.3 is 0 Å². The number of benzene rings is 1. The van der Waals surface area contributed by atoms with Gasteiger partial charge in [-0.15, -0.1) is 4.37 Å². The van der Waals surface area contributed by atoms with E-state index in [9.17, 15) is 5.11 Å². The average Bonchev–Trinajstić information content (AvgIpc) is 2.91. The molecule has 0 bridgehead atoms. The van der Waals surface area contributed by atoms with Crippen LogP contribution in [0.25, 0.3) is 0 Å². The van der Waals surface area contributed by atoms with Crippen molar-refractivity contribution < 1.29 is 9.84 Å². The lowest BCUT2D eigenvalue weighted by Crippen LogP contribution is -2.26. The van der Waals surface area contributed by atoms with Gasteiger partial charge in [0.05, 0.1) is 11.7 Å². The van der Waals surface area contributed by atoms with Crippen molar-refractivity contribution in [2.45, 2.75) is 20.0 Å². The van der Waals surface area contributed by atoms with Crippen molar-refractivity contribution in [2.24, 2.45) is 0 Å². The number of nitrogens with one attached hydrogen (secondary N) is 1. The minimum atomic E-state index is -0.594. The molecule has 0 saturated heterocycles. The van der Waals surface area contributed by atoms with E-state index in [0.717, 1.165) is 17.4 Å². The van der Waals surface area contributed by atoms with Crippen LogP contribution in [-0.4, -0.2) is 33.1 Å². The third-order valence-electron chi connectivity index (χ3n) is 2.81. The molecule has 19 heavy (non-hydrogen) atoms. The van der Waals surface area contributed by atoms with Crippen LogP contribution in [0.1, 0.15) is 11.1 Å². The van der Waals surface area contributed by atoms with E-state index in [1.54, 1.807) is 0 Å². The summed E-state index contributed by atoms with van der Waals surface area (Å²) in [6, 6.07) is 6.12. The van der Waals surface area contributed by atoms with Crippen LogP contribution in [-0.2, 0) is 0 Å². The number of aliphatic hydroxyl groups excluding tert-OH is 1. The molecule has 0 aliphatic heterocycles. The van der Waals surface area contributed by atoms with Crippen molar-refractivity contribution in [3.63, 3.8) is 0 Å². The number of hydrogen-bond acceptors (Lipinski definition) is 6. The maximum atomic E-state index is 9.80. The van der Waals surface area contributed by atoms with Gasteiger partial charge < -0.3 is 15.2 Å². The summed E-state index contributed by atoms with van der Waals surface area (Å²) in [5.41, 5.74) is 3.48. The van der Waals surface area contributed by atoms with Crippen molar-refractivity contribution in [3.8, 4) is 5.88 Å². The molecule has 1 heterocycles. The van der Waals surface area contributed by atoms with E-state index in [1.165, 1.54) is 17.3 Å². The predicted molar refractivity (Wildman–Crippen MR) is 75.8 cm³/mol. The molecule has 2 aromatic rings. The van der Waals surface area contributed by atoms with Crippen LogP contribution < -0.4 is 10.1 Å². The van der Waals surface area contributed by atoms with Crippen LogP contribution in [0.15, 0.2) is 24.4 Å². The smallest absolute Gasteiger partial charge is 0.245 e. The first-order chi connectivity index (χ1) is 9.15. The Morgan fingerprint density at radius 2 is 2.21 bits per heavy atom. The van der Waals surface area contributed by atoms with Crippen LogP contribution in [0.4, 0.5) is 5.69 Å². The average molecular weight is 279 g/mol. The van der Waals surface area contributed by atoms with Crippen molar-refractivity contribution >= 4 is 17.4 Å². The molecule has 0 amide bonds. The molecule has 0 aliphatic rings. The van der Waals surface area contributed by atoms with Crippen molar-refractivity contribution in [3.05, 3.63) is 35.5 Å². The number of aliphatic hydroxyl groups is 1. The molecule has 2 rings (SSSR count). The van der Waals surface area contributed by atoms with Crippen LogP contribution in [0, 0.1) is 13.8 Å². The first kappa shape index (κ1) is 13.8. The highest BCUT2D eigenvalue weighted by Gasteiger charge is 2.06. The minimum absolute atomic E-state index is 0.198. The van der Waals surface area contributed by atoms with Gasteiger partial charge in [-0.25, -0.2) is 0 Å². The quantitative estimate of drug-likeness (QED) is 0.846. The molecule has 6 heteroatoms. The topological polar surface area (TPSA) is 67.3 Å². The monoisotopic (exact) mass is 279 g/mol. The number of rotatable bonds is 6. The fourth-order valence-corrected chi connectivity index (χ4v) is 1.91. The Morgan fingerprint density at radius 3 is 2.89 bits per heavy atom. The third kappa shape index (κ3) is 4.18. The summed E-state index contributed by atoms with van der Waals surface area (Å²) in [6.07, 6.45) is 0.942. The Balaban J connectivity index is 1.76. The number of ether oxygens (including phenoxy) is 1. The largest absolute Gasteiger partial charge is 0.473 e. The zero-order chi connectivity index (χ0) is 13.7. The van der Waals surface area contributed by atoms with Crippen LogP contribution in [0.2, 0.25) is 0 Å². The summed E-state index contributed by atoms with van der Waals surface area (Å²) in [5, 5.41) is 13.0. The van der Waals surface area contributed by atoms with Gasteiger partial charge in [-0.3, -0.25) is 0 Å². The van der Waals surface area contributed by atoms with E-state index >= 15 is 0 Å². The van der Waals surface area contributed by atoms with E-state index < -0.39 is 6.10 Å². The second-order valence-corrected chi connectivity index (χ2v) is 4.95. The molecule has 0 radical (unpaired) electrons. The number of anilines is 1. The predicted octanol–water partition coefficient (Wildman–Crippen LogP) is 2.01. The highest BCUT2D eigenvalue weighted by atomic mass is 32.1. The lowest BCUT2D eigenvalue weighted by molar-refractivity contribution is 0.115. The van der Waals surface area contributed by atoms with Crippen LogP contribution >= 0.6 is 11.7 Å². The fourth-order valence-electron chi connectivity index (χ4n) is 1.55. The Morgan fingerprint density at radius 1 is 1.37 bits per heavy atom. The summed E-state index contributed by atoms with van der Waals surface area (Å²) in [4.78, 5) is 0. The van der Waals surface area contributed by atoms with E-state index in [1.807, 2.05) is 6.07 Å². The third-order valence-corrected chi connectivity index (χ3v) is 3.27. The van der Waals surface area contributed by atoms with Crippen molar-refractivity contribution in [1.82, 2.24) is 8.75 Å². The molecular formula is C13H17N3O2S. The first-order valence-corrected chi connectivity index (χ1v) is 6.78. The fraction of sp³-hybridized carbons (Fsp3) is 0.385. The molecule has 5 nitrogen and oxygen atoms in total. The molecule has 2 N–H and O–H groups in total. The normalized spacial score (nSPS) is 12.2. The van der Waals surface area contributed by atoms with Gasteiger partial charge in [0.25, 0.3) is 0 Å². The van der Waals surface area contributed by atoms with Gasteiger partial charge in [0, 0.05) is 12.2 Å². The minimum Gasteiger partial charge on any atom is -0.473 e. The number of hydrogen-bond donors (Lipinski definition) is 2. The molecule has 0 spiro atoms. The lowest BCUT2D eigenvalue weighted by Gasteiger charge is -2.13. The zero-order valence-electron chi connectivity index (χ0n) is 11.0. The molecule has 1 aromatic carbocycles. The van der Waals surface area contributed by atoms with Gasteiger partial charge in [-0.05, 0) is 37.1 Å². The second kappa shape index (κ2) is 6.49. The standard InChI is InChI=1S/C13H17N3O2S/c1-9-3-4-11(5-10(9)2)14-6-12(17)8-18-13-7-15-19-16-13/h3-5,7,12,14,17H,6,8H2,1-2H3. The van der Waals surface area contributed by atoms with Crippen LogP contribution in [0.5, 0.6) is 5.88 Å². The molecule has 1 unspecified atom stereocenters. The van der Waals surface area contributed by atoms with Crippen molar-refractivity contribution in [2.75, 3.05) is 18.5 Å². The molecule has 1 aromatic heterocycles. The molecule has 0 saturated carbocycles. The van der Waals surface area contributed by atoms with Gasteiger partial charge in [0.1, 0.15) is 18.9 Å². The summed E-state index contributed by atoms with van der Waals surface area (Å²) in [5.74, 6) is 0.454. The highest BCUT2D eigenvalue weighted by Crippen LogP contribution is 2.14. The molecule has 0 aliphatic carbocycles. The van der Waals surface area contributed by atoms with Gasteiger partial charge in [0.2, 0.25) is 5.88 Å². The number of nitrogens with zero attached hydrogens (tertiary/aromatic N) is 2. The Kier molecular flexibility index (Phi) is 4.70. The summed E-state index contributed by atoms with van der Waals surface area (Å²) in [7, 11) is 0. The first-order valence-electron chi connectivity index (χ1n) is 6.04. The van der Waals surface area contributed by atoms with Gasteiger partial charge in [0.15, 0.2) is 0 Å². The molecule has 102 valence electrons. The van der Waals surface area contributed by atoms with E-state index in [-0.39, 0.29) is 6.61 Å². The maximum Gasteiger partial charge on any atom is 0.245 e. The van der Waals surface area contributed by atoms with Crippen LogP contribution in [0.3, 0.4) is 0 Å². The Bertz CT molecular complexity index is 517. The van der Waals surface area contributed by atoms with Gasteiger partial charge in [-0.2, -0.15) is 4.37 Å². The molecule has 0 fully saturated rings. The van der Waals surface area contributed by atoms with Crippen molar-refractivity contribution in [1.29, 1.82) is 0 Å². The molecule has 1 atom stereocenters. The maximum absolute atomic E-state index is 9.80. The highest BCUT2D eigenvalue weighted by molar-refractivity contribution is 6.99. The van der Waals surface area contributed by atoms with Gasteiger partial charge in [-0.1, -0.05) is 6.07 Å². The SMILES string of the molecule is Cc1ccc(NCC(O)COc2cnsn2)cc1C. The summed E-state index contributed by atoms with van der Waals surface area (Å²) >= 11 is 1.08. The summed E-state index contributed by atoms with van der Waals surface area (Å²) < 4.78 is 13.0. The van der Waals surface area contributed by atoms with E-state index in [0.29, 0.717) is 12.4 Å². The van der Waals surface area contributed by atoms with E-state index in [4.69, 9.17) is 4.74 Å². The zero-order valence-corrected chi connectivity index (χ0v) is 11.8. The second-order valence-electron chi connectivity index (χ2n) is 4.39. The molecular weight excluding hydrogens is 262 g/mol. The summed E-state index contributed by atoms with van der Waals surface area (Å²) in [6.45, 7) is 4.77. The lowest BCUT2D eigenvalue weighted by atomic mass is 10.1. The van der Waals surface area contributed by atoms with E-state index in [2.05, 4.69) is 40.0 Å².